The first-order valence-electron chi connectivity index (χ1n) is 6.50. The van der Waals surface area contributed by atoms with Crippen molar-refractivity contribution in [3.63, 3.8) is 0 Å². The maximum atomic E-state index is 11.5. The van der Waals surface area contributed by atoms with Gasteiger partial charge in [-0.2, -0.15) is 0 Å². The third-order valence-electron chi connectivity index (χ3n) is 3.81. The van der Waals surface area contributed by atoms with Crippen molar-refractivity contribution in [3.8, 4) is 5.75 Å². The summed E-state index contributed by atoms with van der Waals surface area (Å²) < 4.78 is 27.9. The minimum absolute atomic E-state index is 0.0810. The van der Waals surface area contributed by atoms with E-state index in [4.69, 9.17) is 4.74 Å². The molecule has 0 aromatic heterocycles. The molecule has 1 N–H and O–H groups in total. The molecule has 1 heterocycles. The number of hydrogen-bond acceptors (Lipinski definition) is 4. The van der Waals surface area contributed by atoms with Gasteiger partial charge in [0.05, 0.1) is 24.5 Å². The lowest BCUT2D eigenvalue weighted by molar-refractivity contribution is -0.140. The van der Waals surface area contributed by atoms with Crippen molar-refractivity contribution in [2.45, 2.75) is 18.8 Å². The SMILES string of the molecule is COc1ccc(C(C(=O)O)C2CCS(=O)(=O)CC2)cc1. The van der Waals surface area contributed by atoms with Crippen LogP contribution in [0.4, 0.5) is 0 Å². The Labute approximate surface area is 118 Å². The second-order valence-corrected chi connectivity index (χ2v) is 7.38. The zero-order chi connectivity index (χ0) is 14.8. The van der Waals surface area contributed by atoms with E-state index < -0.39 is 21.7 Å². The first-order chi connectivity index (χ1) is 9.43. The number of ether oxygens (including phenoxy) is 1. The van der Waals surface area contributed by atoms with E-state index in [-0.39, 0.29) is 17.4 Å². The highest BCUT2D eigenvalue weighted by Crippen LogP contribution is 2.34. The number of carboxylic acids is 1. The molecule has 6 heteroatoms. The molecule has 1 atom stereocenters. The minimum Gasteiger partial charge on any atom is -0.497 e. The van der Waals surface area contributed by atoms with Gasteiger partial charge < -0.3 is 9.84 Å². The van der Waals surface area contributed by atoms with Gasteiger partial charge in [0.15, 0.2) is 0 Å². The van der Waals surface area contributed by atoms with Crippen LogP contribution in [0.15, 0.2) is 24.3 Å². The largest absolute Gasteiger partial charge is 0.497 e. The van der Waals surface area contributed by atoms with Crippen LogP contribution in [0.1, 0.15) is 24.3 Å². The summed E-state index contributed by atoms with van der Waals surface area (Å²) in [5, 5.41) is 9.45. The van der Waals surface area contributed by atoms with Gasteiger partial charge in [-0.25, -0.2) is 8.42 Å². The lowest BCUT2D eigenvalue weighted by atomic mass is 9.82. The average molecular weight is 298 g/mol. The Hall–Kier alpha value is -1.56. The van der Waals surface area contributed by atoms with Crippen LogP contribution in [-0.4, -0.2) is 38.1 Å². The van der Waals surface area contributed by atoms with Crippen LogP contribution < -0.4 is 4.74 Å². The van der Waals surface area contributed by atoms with Crippen molar-refractivity contribution >= 4 is 15.8 Å². The molecular formula is C14H18O5S. The van der Waals surface area contributed by atoms with Crippen LogP contribution in [0.2, 0.25) is 0 Å². The molecule has 1 unspecified atom stereocenters. The zero-order valence-electron chi connectivity index (χ0n) is 11.3. The normalized spacial score (nSPS) is 20.2. The van der Waals surface area contributed by atoms with E-state index in [1.165, 1.54) is 0 Å². The number of benzene rings is 1. The van der Waals surface area contributed by atoms with Gasteiger partial charge in [0, 0.05) is 0 Å². The average Bonchev–Trinajstić information content (AvgIpc) is 2.41. The monoisotopic (exact) mass is 298 g/mol. The summed E-state index contributed by atoms with van der Waals surface area (Å²) >= 11 is 0. The Kier molecular flexibility index (Phi) is 4.32. The zero-order valence-corrected chi connectivity index (χ0v) is 12.1. The van der Waals surface area contributed by atoms with E-state index in [1.54, 1.807) is 31.4 Å². The fourth-order valence-corrected chi connectivity index (χ4v) is 4.20. The van der Waals surface area contributed by atoms with Gasteiger partial charge >= 0.3 is 5.97 Å². The number of hydrogen-bond donors (Lipinski definition) is 1. The predicted molar refractivity (Wildman–Crippen MR) is 74.7 cm³/mol. The molecule has 1 saturated heterocycles. The molecule has 110 valence electrons. The van der Waals surface area contributed by atoms with Gasteiger partial charge in [-0.05, 0) is 36.5 Å². The third-order valence-corrected chi connectivity index (χ3v) is 5.53. The highest BCUT2D eigenvalue weighted by molar-refractivity contribution is 7.91. The van der Waals surface area contributed by atoms with Crippen LogP contribution in [0.5, 0.6) is 5.75 Å². The van der Waals surface area contributed by atoms with Crippen LogP contribution in [0.25, 0.3) is 0 Å². The lowest BCUT2D eigenvalue weighted by Crippen LogP contribution is -2.30. The number of sulfone groups is 1. The van der Waals surface area contributed by atoms with Gasteiger partial charge in [0.1, 0.15) is 15.6 Å². The predicted octanol–water partition coefficient (Wildman–Crippen LogP) is 1.69. The second-order valence-electron chi connectivity index (χ2n) is 5.08. The Bertz CT molecular complexity index is 562. The maximum absolute atomic E-state index is 11.5. The third kappa shape index (κ3) is 3.30. The molecule has 1 aromatic carbocycles. The first-order valence-corrected chi connectivity index (χ1v) is 8.32. The number of aliphatic carboxylic acids is 1. The minimum atomic E-state index is -2.98. The van der Waals surface area contributed by atoms with E-state index >= 15 is 0 Å². The van der Waals surface area contributed by atoms with E-state index in [9.17, 15) is 18.3 Å². The standard InChI is InChI=1S/C14H18O5S/c1-19-12-4-2-10(3-5-12)13(14(15)16)11-6-8-20(17,18)9-7-11/h2-5,11,13H,6-9H2,1H3,(H,15,16). The highest BCUT2D eigenvalue weighted by atomic mass is 32.2. The summed E-state index contributed by atoms with van der Waals surface area (Å²) in [6, 6.07) is 6.93. The fraction of sp³-hybridized carbons (Fsp3) is 0.500. The summed E-state index contributed by atoms with van der Waals surface area (Å²) in [4.78, 5) is 11.5. The summed E-state index contributed by atoms with van der Waals surface area (Å²) in [5.74, 6) is -0.862. The molecule has 0 saturated carbocycles. The van der Waals surface area contributed by atoms with Crippen LogP contribution in [0, 0.1) is 5.92 Å². The smallest absolute Gasteiger partial charge is 0.311 e. The summed E-state index contributed by atoms with van der Waals surface area (Å²) in [7, 11) is -1.43. The number of carbonyl (C=O) groups is 1. The number of methoxy groups -OCH3 is 1. The molecule has 0 spiro atoms. The van der Waals surface area contributed by atoms with Crippen molar-refractivity contribution in [3.05, 3.63) is 29.8 Å². The summed E-state index contributed by atoms with van der Waals surface area (Å²) in [6.45, 7) is 0. The van der Waals surface area contributed by atoms with E-state index in [0.717, 1.165) is 0 Å². The van der Waals surface area contributed by atoms with E-state index in [0.29, 0.717) is 24.2 Å². The first kappa shape index (κ1) is 14.8. The van der Waals surface area contributed by atoms with Crippen molar-refractivity contribution in [2.24, 2.45) is 5.92 Å². The van der Waals surface area contributed by atoms with Crippen molar-refractivity contribution in [2.75, 3.05) is 18.6 Å². The fourth-order valence-electron chi connectivity index (χ4n) is 2.67. The summed E-state index contributed by atoms with van der Waals surface area (Å²) in [5.41, 5.74) is 0.697. The molecule has 2 rings (SSSR count). The molecule has 20 heavy (non-hydrogen) atoms. The Morgan fingerprint density at radius 2 is 1.80 bits per heavy atom. The van der Waals surface area contributed by atoms with E-state index in [2.05, 4.69) is 0 Å². The Balaban J connectivity index is 2.21. The van der Waals surface area contributed by atoms with Crippen molar-refractivity contribution in [1.29, 1.82) is 0 Å². The van der Waals surface area contributed by atoms with Crippen LogP contribution >= 0.6 is 0 Å². The molecule has 0 radical (unpaired) electrons. The molecule has 0 amide bonds. The van der Waals surface area contributed by atoms with Crippen molar-refractivity contribution < 1.29 is 23.1 Å². The topological polar surface area (TPSA) is 80.7 Å². The Morgan fingerprint density at radius 3 is 2.25 bits per heavy atom. The Morgan fingerprint density at radius 1 is 1.25 bits per heavy atom. The molecule has 1 aliphatic heterocycles. The lowest BCUT2D eigenvalue weighted by Gasteiger charge is -2.27. The number of rotatable bonds is 4. The maximum Gasteiger partial charge on any atom is 0.311 e. The van der Waals surface area contributed by atoms with Gasteiger partial charge in [-0.1, -0.05) is 12.1 Å². The molecule has 1 aromatic rings. The molecule has 0 bridgehead atoms. The molecule has 5 nitrogen and oxygen atoms in total. The van der Waals surface area contributed by atoms with Gasteiger partial charge in [0.25, 0.3) is 0 Å². The van der Waals surface area contributed by atoms with Gasteiger partial charge in [0.2, 0.25) is 0 Å². The summed E-state index contributed by atoms with van der Waals surface area (Å²) in [6.07, 6.45) is 0.816. The molecular weight excluding hydrogens is 280 g/mol. The van der Waals surface area contributed by atoms with E-state index in [1.807, 2.05) is 0 Å². The second kappa shape index (κ2) is 5.83. The number of carboxylic acid groups (broad SMARTS) is 1. The van der Waals surface area contributed by atoms with Crippen LogP contribution in [-0.2, 0) is 14.6 Å². The molecule has 1 fully saturated rings. The van der Waals surface area contributed by atoms with Gasteiger partial charge in [-0.15, -0.1) is 0 Å². The van der Waals surface area contributed by atoms with Gasteiger partial charge in [-0.3, -0.25) is 4.79 Å². The highest BCUT2D eigenvalue weighted by Gasteiger charge is 2.34. The van der Waals surface area contributed by atoms with Crippen molar-refractivity contribution in [1.82, 2.24) is 0 Å². The molecule has 0 aliphatic carbocycles. The molecule has 1 aliphatic rings. The van der Waals surface area contributed by atoms with Crippen LogP contribution in [0.3, 0.4) is 0 Å². The quantitative estimate of drug-likeness (QED) is 0.915.